The van der Waals surface area contributed by atoms with Crippen LogP contribution in [0.3, 0.4) is 0 Å². The van der Waals surface area contributed by atoms with Crippen molar-refractivity contribution in [2.24, 2.45) is 5.92 Å². The van der Waals surface area contributed by atoms with Crippen molar-refractivity contribution in [1.82, 2.24) is 0 Å². The number of rotatable bonds is 7. The number of hydrogen-bond acceptors (Lipinski definition) is 1. The number of ether oxygens (including phenoxy) is 1. The number of allylic oxidation sites excluding steroid dienone is 2. The molecule has 0 saturated carbocycles. The summed E-state index contributed by atoms with van der Waals surface area (Å²) in [5.41, 5.74) is 1.34. The Bertz CT molecular complexity index is 221. The summed E-state index contributed by atoms with van der Waals surface area (Å²) in [5.74, 6) is 0.702. The maximum absolute atomic E-state index is 5.62. The average Bonchev–Trinajstić information content (AvgIpc) is 2.26. The molecule has 0 bridgehead atoms. The van der Waals surface area contributed by atoms with E-state index in [0.29, 0.717) is 5.92 Å². The van der Waals surface area contributed by atoms with Crippen molar-refractivity contribution in [3.63, 3.8) is 0 Å². The van der Waals surface area contributed by atoms with Gasteiger partial charge in [-0.25, -0.2) is 0 Å². The molecule has 15 heavy (non-hydrogen) atoms. The lowest BCUT2D eigenvalue weighted by Gasteiger charge is -2.11. The first kappa shape index (κ1) is 13.0. The molecule has 0 aromatic carbocycles. The Kier molecular flexibility index (Phi) is 7.03. The van der Waals surface area contributed by atoms with E-state index in [1.807, 2.05) is 0 Å². The molecule has 0 spiro atoms. The molecule has 1 atom stereocenters. The first-order valence-corrected chi connectivity index (χ1v) is 6.96. The van der Waals surface area contributed by atoms with Gasteiger partial charge in [0.1, 0.15) is 0 Å². The Balaban J connectivity index is 1.99. The molecular weight excluding hydrogens is 252 g/mol. The van der Waals surface area contributed by atoms with Gasteiger partial charge in [-0.05, 0) is 30.8 Å². The van der Waals surface area contributed by atoms with Crippen molar-refractivity contribution in [3.8, 4) is 0 Å². The zero-order chi connectivity index (χ0) is 10.9. The molecule has 86 valence electrons. The molecule has 0 saturated heterocycles. The fourth-order valence-electron chi connectivity index (χ4n) is 1.54. The fraction of sp³-hybridized carbons (Fsp3) is 0.692. The highest BCUT2D eigenvalue weighted by molar-refractivity contribution is 9.09. The van der Waals surface area contributed by atoms with Crippen molar-refractivity contribution in [3.05, 3.63) is 23.8 Å². The van der Waals surface area contributed by atoms with Crippen LogP contribution in [0.25, 0.3) is 0 Å². The monoisotopic (exact) mass is 272 g/mol. The van der Waals surface area contributed by atoms with Crippen molar-refractivity contribution in [2.45, 2.75) is 32.6 Å². The first-order valence-electron chi connectivity index (χ1n) is 5.84. The number of halogens is 1. The molecule has 0 aromatic heterocycles. The SMILES string of the molecule is CC1C=CC(COCCCCCBr)=CC1. The van der Waals surface area contributed by atoms with Crippen LogP contribution >= 0.6 is 15.9 Å². The summed E-state index contributed by atoms with van der Waals surface area (Å²) in [4.78, 5) is 0. The molecular formula is C13H21BrO. The molecule has 1 nitrogen and oxygen atoms in total. The second-order valence-electron chi connectivity index (χ2n) is 4.15. The van der Waals surface area contributed by atoms with Crippen LogP contribution < -0.4 is 0 Å². The molecule has 0 aliphatic heterocycles. The summed E-state index contributed by atoms with van der Waals surface area (Å²) in [6.07, 6.45) is 11.6. The predicted octanol–water partition coefficient (Wildman–Crippen LogP) is 4.09. The van der Waals surface area contributed by atoms with Crippen LogP contribution in [0.5, 0.6) is 0 Å². The Morgan fingerprint density at radius 1 is 1.40 bits per heavy atom. The van der Waals surface area contributed by atoms with E-state index in [4.69, 9.17) is 4.74 Å². The van der Waals surface area contributed by atoms with E-state index in [0.717, 1.165) is 18.5 Å². The zero-order valence-electron chi connectivity index (χ0n) is 9.55. The molecule has 0 heterocycles. The van der Waals surface area contributed by atoms with E-state index >= 15 is 0 Å². The van der Waals surface area contributed by atoms with Crippen molar-refractivity contribution < 1.29 is 4.74 Å². The number of hydrogen-bond donors (Lipinski definition) is 0. The normalized spacial score (nSPS) is 20.4. The summed E-state index contributed by atoms with van der Waals surface area (Å²) >= 11 is 3.43. The lowest BCUT2D eigenvalue weighted by Crippen LogP contribution is -2.02. The maximum atomic E-state index is 5.62. The smallest absolute Gasteiger partial charge is 0.0713 e. The number of unbranched alkanes of at least 4 members (excludes halogenated alkanes) is 2. The van der Waals surface area contributed by atoms with Crippen LogP contribution in [0, 0.1) is 5.92 Å². The van der Waals surface area contributed by atoms with Crippen molar-refractivity contribution in [2.75, 3.05) is 18.5 Å². The molecule has 1 rings (SSSR count). The van der Waals surface area contributed by atoms with Gasteiger partial charge in [0.05, 0.1) is 6.61 Å². The first-order chi connectivity index (χ1) is 7.33. The molecule has 0 fully saturated rings. The standard InChI is InChI=1S/C13H21BrO/c1-12-5-7-13(8-6-12)11-15-10-4-2-3-9-14/h5,7-8,12H,2-4,6,9-11H2,1H3. The number of alkyl halides is 1. The highest BCUT2D eigenvalue weighted by Crippen LogP contribution is 2.15. The van der Waals surface area contributed by atoms with Gasteiger partial charge >= 0.3 is 0 Å². The molecule has 0 amide bonds. The van der Waals surface area contributed by atoms with Gasteiger partial charge in [-0.15, -0.1) is 0 Å². The third kappa shape index (κ3) is 6.16. The van der Waals surface area contributed by atoms with Crippen LogP contribution in [-0.4, -0.2) is 18.5 Å². The Labute approximate surface area is 102 Å². The maximum Gasteiger partial charge on any atom is 0.0713 e. The van der Waals surface area contributed by atoms with Gasteiger partial charge in [0.15, 0.2) is 0 Å². The van der Waals surface area contributed by atoms with E-state index in [1.165, 1.54) is 31.3 Å². The van der Waals surface area contributed by atoms with E-state index in [1.54, 1.807) is 0 Å². The third-order valence-corrected chi connectivity index (χ3v) is 3.14. The summed E-state index contributed by atoms with van der Waals surface area (Å²) in [6.45, 7) is 3.93. The van der Waals surface area contributed by atoms with Crippen molar-refractivity contribution >= 4 is 15.9 Å². The predicted molar refractivity (Wildman–Crippen MR) is 69.5 cm³/mol. The quantitative estimate of drug-likeness (QED) is 0.501. The van der Waals surface area contributed by atoms with Crippen LogP contribution in [0.1, 0.15) is 32.6 Å². The van der Waals surface area contributed by atoms with Crippen LogP contribution in [0.4, 0.5) is 0 Å². The second-order valence-corrected chi connectivity index (χ2v) is 4.95. The Morgan fingerprint density at radius 3 is 2.93 bits per heavy atom. The molecule has 0 N–H and O–H groups in total. The van der Waals surface area contributed by atoms with E-state index in [2.05, 4.69) is 41.1 Å². The van der Waals surface area contributed by atoms with Gasteiger partial charge < -0.3 is 4.74 Å². The van der Waals surface area contributed by atoms with Crippen molar-refractivity contribution in [1.29, 1.82) is 0 Å². The largest absolute Gasteiger partial charge is 0.377 e. The molecule has 0 aromatic rings. The zero-order valence-corrected chi connectivity index (χ0v) is 11.1. The van der Waals surface area contributed by atoms with E-state index < -0.39 is 0 Å². The van der Waals surface area contributed by atoms with Crippen LogP contribution in [-0.2, 0) is 4.74 Å². The topological polar surface area (TPSA) is 9.23 Å². The van der Waals surface area contributed by atoms with Crippen LogP contribution in [0.2, 0.25) is 0 Å². The van der Waals surface area contributed by atoms with Gasteiger partial charge in [-0.2, -0.15) is 0 Å². The summed E-state index contributed by atoms with van der Waals surface area (Å²) < 4.78 is 5.62. The van der Waals surface area contributed by atoms with Gasteiger partial charge in [0.2, 0.25) is 0 Å². The molecule has 1 aliphatic rings. The molecule has 0 radical (unpaired) electrons. The average molecular weight is 273 g/mol. The lowest BCUT2D eigenvalue weighted by molar-refractivity contribution is 0.153. The van der Waals surface area contributed by atoms with Gasteiger partial charge in [0.25, 0.3) is 0 Å². The van der Waals surface area contributed by atoms with Gasteiger partial charge in [-0.3, -0.25) is 0 Å². The Hall–Kier alpha value is -0.0800. The minimum atomic E-state index is 0.702. The lowest BCUT2D eigenvalue weighted by atomic mass is 9.99. The fourth-order valence-corrected chi connectivity index (χ4v) is 1.94. The highest BCUT2D eigenvalue weighted by atomic mass is 79.9. The molecule has 1 aliphatic carbocycles. The second kappa shape index (κ2) is 8.12. The van der Waals surface area contributed by atoms with Gasteiger partial charge in [-0.1, -0.05) is 47.5 Å². The molecule has 1 unspecified atom stereocenters. The van der Waals surface area contributed by atoms with Gasteiger partial charge in [0, 0.05) is 11.9 Å². The summed E-state index contributed by atoms with van der Waals surface area (Å²) in [7, 11) is 0. The minimum absolute atomic E-state index is 0.702. The third-order valence-electron chi connectivity index (χ3n) is 2.58. The minimum Gasteiger partial charge on any atom is -0.377 e. The molecule has 2 heteroatoms. The summed E-state index contributed by atoms with van der Waals surface area (Å²) in [6, 6.07) is 0. The highest BCUT2D eigenvalue weighted by Gasteiger charge is 2.02. The van der Waals surface area contributed by atoms with E-state index in [9.17, 15) is 0 Å². The Morgan fingerprint density at radius 2 is 2.27 bits per heavy atom. The summed E-state index contributed by atoms with van der Waals surface area (Å²) in [5, 5.41) is 1.11. The van der Waals surface area contributed by atoms with Crippen LogP contribution in [0.15, 0.2) is 23.8 Å². The van der Waals surface area contributed by atoms with E-state index in [-0.39, 0.29) is 0 Å².